The van der Waals surface area contributed by atoms with E-state index in [1.54, 1.807) is 6.07 Å². The third-order valence-electron chi connectivity index (χ3n) is 3.61. The Morgan fingerprint density at radius 3 is 2.62 bits per heavy atom. The molecule has 0 saturated carbocycles. The number of nitrogens with zero attached hydrogens (tertiary/aromatic N) is 1. The van der Waals surface area contributed by atoms with Crippen LogP contribution >= 0.6 is 24.8 Å². The number of hydrogen-bond acceptors (Lipinski definition) is 3. The van der Waals surface area contributed by atoms with Crippen molar-refractivity contribution in [2.24, 2.45) is 0 Å². The first-order valence-corrected chi connectivity index (χ1v) is 6.77. The first-order valence-electron chi connectivity index (χ1n) is 6.77. The van der Waals surface area contributed by atoms with E-state index in [2.05, 4.69) is 16.8 Å². The third-order valence-corrected chi connectivity index (χ3v) is 3.61. The molecule has 1 aliphatic heterocycles. The highest BCUT2D eigenvalue weighted by atomic mass is 35.5. The minimum Gasteiger partial charge on any atom is -0.505 e. The SMILES string of the molecule is C=CCC[C@@H](c1cccc(F)c1O)N1CCNCC1.Cl.Cl. The number of allylic oxidation sites excluding steroid dienone is 1. The fourth-order valence-electron chi connectivity index (χ4n) is 2.61. The van der Waals surface area contributed by atoms with Gasteiger partial charge in [-0.15, -0.1) is 31.4 Å². The monoisotopic (exact) mass is 336 g/mol. The average molecular weight is 337 g/mol. The molecular formula is C15H23Cl2FN2O. The van der Waals surface area contributed by atoms with Crippen LogP contribution in [-0.2, 0) is 0 Å². The highest BCUT2D eigenvalue weighted by molar-refractivity contribution is 5.85. The van der Waals surface area contributed by atoms with Crippen molar-refractivity contribution >= 4 is 24.8 Å². The number of aromatic hydroxyl groups is 1. The molecule has 0 amide bonds. The van der Waals surface area contributed by atoms with Crippen LogP contribution in [0.5, 0.6) is 5.75 Å². The fraction of sp³-hybridized carbons (Fsp3) is 0.467. The summed E-state index contributed by atoms with van der Waals surface area (Å²) in [6, 6.07) is 4.82. The molecule has 6 heteroatoms. The third kappa shape index (κ3) is 5.15. The van der Waals surface area contributed by atoms with Crippen LogP contribution in [0.15, 0.2) is 30.9 Å². The second-order valence-electron chi connectivity index (χ2n) is 4.85. The van der Waals surface area contributed by atoms with Crippen molar-refractivity contribution in [2.75, 3.05) is 26.2 Å². The summed E-state index contributed by atoms with van der Waals surface area (Å²) in [7, 11) is 0. The van der Waals surface area contributed by atoms with Crippen LogP contribution < -0.4 is 5.32 Å². The van der Waals surface area contributed by atoms with E-state index in [0.29, 0.717) is 5.56 Å². The molecular weight excluding hydrogens is 314 g/mol. The van der Waals surface area contributed by atoms with E-state index >= 15 is 0 Å². The number of benzene rings is 1. The van der Waals surface area contributed by atoms with Crippen LogP contribution in [0, 0.1) is 5.82 Å². The molecule has 1 fully saturated rings. The molecule has 1 saturated heterocycles. The predicted octanol–water partition coefficient (Wildman–Crippen LogP) is 3.29. The predicted molar refractivity (Wildman–Crippen MR) is 89.2 cm³/mol. The molecule has 0 aromatic heterocycles. The largest absolute Gasteiger partial charge is 0.505 e. The minimum absolute atomic E-state index is 0. The van der Waals surface area contributed by atoms with E-state index in [1.165, 1.54) is 6.07 Å². The van der Waals surface area contributed by atoms with Gasteiger partial charge in [0.15, 0.2) is 11.6 Å². The number of halogens is 3. The Hall–Kier alpha value is -0.810. The van der Waals surface area contributed by atoms with Crippen LogP contribution in [0.2, 0.25) is 0 Å². The highest BCUT2D eigenvalue weighted by Gasteiger charge is 2.24. The zero-order chi connectivity index (χ0) is 13.7. The Balaban J connectivity index is 0.00000200. The number of nitrogens with one attached hydrogen (secondary N) is 1. The molecule has 1 aromatic rings. The standard InChI is InChI=1S/C15H21FN2O.2ClH/c1-2-3-7-14(18-10-8-17-9-11-18)12-5-4-6-13(16)15(12)19;;/h2,4-6,14,17,19H,1,3,7-11H2;2*1H/t14-;;/m0../s1. The van der Waals surface area contributed by atoms with Gasteiger partial charge >= 0.3 is 0 Å². The summed E-state index contributed by atoms with van der Waals surface area (Å²) < 4.78 is 13.5. The Morgan fingerprint density at radius 1 is 1.33 bits per heavy atom. The van der Waals surface area contributed by atoms with Gasteiger partial charge in [0.1, 0.15) is 0 Å². The molecule has 0 bridgehead atoms. The summed E-state index contributed by atoms with van der Waals surface area (Å²) in [5.41, 5.74) is 0.684. The Kier molecular flexibility index (Phi) is 9.62. The number of phenols is 1. The molecule has 2 rings (SSSR count). The van der Waals surface area contributed by atoms with Gasteiger partial charge < -0.3 is 10.4 Å². The molecule has 120 valence electrons. The number of para-hydroxylation sites is 1. The maximum atomic E-state index is 13.5. The molecule has 0 unspecified atom stereocenters. The Bertz CT molecular complexity index is 440. The molecule has 3 nitrogen and oxygen atoms in total. The molecule has 1 atom stereocenters. The smallest absolute Gasteiger partial charge is 0.165 e. The summed E-state index contributed by atoms with van der Waals surface area (Å²) >= 11 is 0. The maximum absolute atomic E-state index is 13.5. The summed E-state index contributed by atoms with van der Waals surface area (Å²) in [5, 5.41) is 13.3. The van der Waals surface area contributed by atoms with Crippen LogP contribution in [0.25, 0.3) is 0 Å². The van der Waals surface area contributed by atoms with Crippen molar-refractivity contribution in [2.45, 2.75) is 18.9 Å². The van der Waals surface area contributed by atoms with Crippen molar-refractivity contribution in [3.63, 3.8) is 0 Å². The second-order valence-corrected chi connectivity index (χ2v) is 4.85. The van der Waals surface area contributed by atoms with Gasteiger partial charge in [-0.3, -0.25) is 4.90 Å². The van der Waals surface area contributed by atoms with Gasteiger partial charge in [-0.25, -0.2) is 4.39 Å². The zero-order valence-corrected chi connectivity index (χ0v) is 13.6. The van der Waals surface area contributed by atoms with Crippen LogP contribution in [0.3, 0.4) is 0 Å². The number of phenolic OH excluding ortho intramolecular Hbond substituents is 1. The van der Waals surface area contributed by atoms with Gasteiger partial charge in [0.2, 0.25) is 0 Å². The van der Waals surface area contributed by atoms with E-state index in [0.717, 1.165) is 39.0 Å². The van der Waals surface area contributed by atoms with Crippen LogP contribution in [0.4, 0.5) is 4.39 Å². The molecule has 21 heavy (non-hydrogen) atoms. The lowest BCUT2D eigenvalue weighted by molar-refractivity contribution is 0.163. The molecule has 0 aliphatic carbocycles. The first kappa shape index (κ1) is 20.2. The van der Waals surface area contributed by atoms with Crippen molar-refractivity contribution in [1.82, 2.24) is 10.2 Å². The van der Waals surface area contributed by atoms with E-state index in [9.17, 15) is 9.50 Å². The number of rotatable bonds is 5. The molecule has 2 N–H and O–H groups in total. The summed E-state index contributed by atoms with van der Waals surface area (Å²) in [6.45, 7) is 7.44. The van der Waals surface area contributed by atoms with Crippen LogP contribution in [-0.4, -0.2) is 36.2 Å². The van der Waals surface area contributed by atoms with Gasteiger partial charge in [0.25, 0.3) is 0 Å². The molecule has 0 radical (unpaired) electrons. The first-order chi connectivity index (χ1) is 9.24. The summed E-state index contributed by atoms with van der Waals surface area (Å²) in [6.07, 6.45) is 3.57. The lowest BCUT2D eigenvalue weighted by Crippen LogP contribution is -2.45. The zero-order valence-electron chi connectivity index (χ0n) is 11.9. The van der Waals surface area contributed by atoms with E-state index in [1.807, 2.05) is 12.1 Å². The lowest BCUT2D eigenvalue weighted by atomic mass is 9.98. The quantitative estimate of drug-likeness (QED) is 0.810. The van der Waals surface area contributed by atoms with Gasteiger partial charge in [0.05, 0.1) is 0 Å². The van der Waals surface area contributed by atoms with Crippen molar-refractivity contribution in [1.29, 1.82) is 0 Å². The molecule has 1 aliphatic rings. The van der Waals surface area contributed by atoms with E-state index in [-0.39, 0.29) is 36.6 Å². The van der Waals surface area contributed by atoms with Crippen LogP contribution in [0.1, 0.15) is 24.4 Å². The van der Waals surface area contributed by atoms with E-state index in [4.69, 9.17) is 0 Å². The lowest BCUT2D eigenvalue weighted by Gasteiger charge is -2.35. The fourth-order valence-corrected chi connectivity index (χ4v) is 2.61. The second kappa shape index (κ2) is 10.0. The minimum atomic E-state index is -0.545. The average Bonchev–Trinajstić information content (AvgIpc) is 2.45. The maximum Gasteiger partial charge on any atom is 0.165 e. The van der Waals surface area contributed by atoms with Crippen molar-refractivity contribution in [3.8, 4) is 5.75 Å². The Labute approximate surface area is 138 Å². The van der Waals surface area contributed by atoms with Crippen molar-refractivity contribution < 1.29 is 9.50 Å². The van der Waals surface area contributed by atoms with E-state index < -0.39 is 5.82 Å². The van der Waals surface area contributed by atoms with Gasteiger partial charge in [0, 0.05) is 37.8 Å². The number of piperazine rings is 1. The molecule has 1 aromatic carbocycles. The molecule has 0 spiro atoms. The number of hydrogen-bond donors (Lipinski definition) is 2. The summed E-state index contributed by atoms with van der Waals surface area (Å²) in [4.78, 5) is 2.30. The van der Waals surface area contributed by atoms with Crippen molar-refractivity contribution in [3.05, 3.63) is 42.2 Å². The Morgan fingerprint density at radius 2 is 2.00 bits per heavy atom. The molecule has 1 heterocycles. The van der Waals surface area contributed by atoms with Gasteiger partial charge in [-0.1, -0.05) is 18.2 Å². The highest BCUT2D eigenvalue weighted by Crippen LogP contribution is 2.33. The topological polar surface area (TPSA) is 35.5 Å². The van der Waals surface area contributed by atoms with Gasteiger partial charge in [-0.2, -0.15) is 0 Å². The van der Waals surface area contributed by atoms with Gasteiger partial charge in [-0.05, 0) is 18.9 Å². The normalized spacial score (nSPS) is 16.4. The summed E-state index contributed by atoms with van der Waals surface area (Å²) in [5.74, 6) is -0.758.